The van der Waals surface area contributed by atoms with Crippen molar-refractivity contribution < 1.29 is 18.3 Å². The summed E-state index contributed by atoms with van der Waals surface area (Å²) in [4.78, 5) is 0. The number of H-pyrrole nitrogens is 1. The van der Waals surface area contributed by atoms with Crippen molar-refractivity contribution in [3.63, 3.8) is 0 Å². The minimum Gasteiger partial charge on any atom is -0.392 e. The van der Waals surface area contributed by atoms with Crippen LogP contribution < -0.4 is 4.72 Å². The fourth-order valence-electron chi connectivity index (χ4n) is 1.11. The van der Waals surface area contributed by atoms with Gasteiger partial charge >= 0.3 is 0 Å². The van der Waals surface area contributed by atoms with Crippen LogP contribution in [0.3, 0.4) is 0 Å². The van der Waals surface area contributed by atoms with E-state index in [1.54, 1.807) is 0 Å². The minimum atomic E-state index is -3.65. The van der Waals surface area contributed by atoms with Crippen molar-refractivity contribution in [2.75, 3.05) is 19.8 Å². The number of nitrogens with one attached hydrogen (secondary N) is 2. The Morgan fingerprint density at radius 3 is 3.00 bits per heavy atom. The molecule has 0 fully saturated rings. The number of rotatable bonds is 7. The van der Waals surface area contributed by atoms with Crippen LogP contribution in [0.25, 0.3) is 0 Å². The molecule has 0 amide bonds. The fourth-order valence-corrected chi connectivity index (χ4v) is 2.24. The highest BCUT2D eigenvalue weighted by Gasteiger charge is 2.19. The molecule has 7 nitrogen and oxygen atoms in total. The Kier molecular flexibility index (Phi) is 4.87. The van der Waals surface area contributed by atoms with Crippen LogP contribution in [-0.2, 0) is 21.4 Å². The first-order valence-electron chi connectivity index (χ1n) is 4.82. The van der Waals surface area contributed by atoms with E-state index in [2.05, 4.69) is 14.9 Å². The second-order valence-electron chi connectivity index (χ2n) is 2.98. The third kappa shape index (κ3) is 3.27. The molecule has 1 aromatic rings. The number of aliphatic hydroxyl groups is 1. The van der Waals surface area contributed by atoms with Gasteiger partial charge in [-0.05, 0) is 6.92 Å². The summed E-state index contributed by atoms with van der Waals surface area (Å²) in [6.07, 6.45) is 1.27. The van der Waals surface area contributed by atoms with E-state index in [-0.39, 0.29) is 23.7 Å². The van der Waals surface area contributed by atoms with Crippen molar-refractivity contribution >= 4 is 10.0 Å². The normalized spacial score (nSPS) is 11.9. The molecule has 0 saturated carbocycles. The maximum absolute atomic E-state index is 11.7. The summed E-state index contributed by atoms with van der Waals surface area (Å²) in [6, 6.07) is 0. The molecule has 1 heterocycles. The number of nitrogens with zero attached hydrogens (tertiary/aromatic N) is 1. The molecule has 16 heavy (non-hydrogen) atoms. The zero-order valence-electron chi connectivity index (χ0n) is 8.93. The van der Waals surface area contributed by atoms with Gasteiger partial charge in [0.2, 0.25) is 0 Å². The van der Waals surface area contributed by atoms with Crippen molar-refractivity contribution in [2.24, 2.45) is 0 Å². The van der Waals surface area contributed by atoms with Crippen LogP contribution in [-0.4, -0.2) is 43.5 Å². The van der Waals surface area contributed by atoms with Crippen molar-refractivity contribution in [1.29, 1.82) is 0 Å². The van der Waals surface area contributed by atoms with Crippen LogP contribution in [0.4, 0.5) is 0 Å². The van der Waals surface area contributed by atoms with E-state index in [0.717, 1.165) is 0 Å². The number of aliphatic hydroxyl groups excluding tert-OH is 1. The quantitative estimate of drug-likeness (QED) is 0.550. The van der Waals surface area contributed by atoms with Gasteiger partial charge in [-0.3, -0.25) is 5.10 Å². The van der Waals surface area contributed by atoms with Gasteiger partial charge in [0.15, 0.2) is 5.03 Å². The van der Waals surface area contributed by atoms with Gasteiger partial charge in [-0.15, -0.1) is 0 Å². The molecule has 8 heteroatoms. The van der Waals surface area contributed by atoms with Crippen molar-refractivity contribution in [3.05, 3.63) is 11.8 Å². The maximum atomic E-state index is 11.7. The molecule has 0 aliphatic heterocycles. The highest BCUT2D eigenvalue weighted by molar-refractivity contribution is 7.89. The molecule has 1 rings (SSSR count). The molecule has 0 spiro atoms. The summed E-state index contributed by atoms with van der Waals surface area (Å²) in [5, 5.41) is 14.7. The second-order valence-corrected chi connectivity index (χ2v) is 4.68. The van der Waals surface area contributed by atoms with Crippen molar-refractivity contribution in [3.8, 4) is 0 Å². The van der Waals surface area contributed by atoms with Crippen molar-refractivity contribution in [2.45, 2.75) is 18.6 Å². The van der Waals surface area contributed by atoms with Crippen LogP contribution >= 0.6 is 0 Å². The molecule has 0 aliphatic carbocycles. The number of ether oxygens (including phenoxy) is 1. The molecule has 0 saturated heterocycles. The lowest BCUT2D eigenvalue weighted by atomic mass is 10.4. The van der Waals surface area contributed by atoms with Gasteiger partial charge in [0.1, 0.15) is 0 Å². The Hall–Kier alpha value is -0.960. The highest BCUT2D eigenvalue weighted by atomic mass is 32.2. The van der Waals surface area contributed by atoms with Gasteiger partial charge in [0.05, 0.1) is 19.4 Å². The number of aromatic nitrogens is 2. The molecule has 0 aliphatic rings. The first-order chi connectivity index (χ1) is 7.61. The van der Waals surface area contributed by atoms with Gasteiger partial charge < -0.3 is 9.84 Å². The molecular formula is C8H15N3O4S. The van der Waals surface area contributed by atoms with E-state index in [1.165, 1.54) is 6.20 Å². The topological polar surface area (TPSA) is 104 Å². The lowest BCUT2D eigenvalue weighted by Gasteiger charge is -2.05. The van der Waals surface area contributed by atoms with Crippen molar-refractivity contribution in [1.82, 2.24) is 14.9 Å². The molecule has 0 radical (unpaired) electrons. The molecule has 3 N–H and O–H groups in total. The first kappa shape index (κ1) is 13.1. The zero-order valence-corrected chi connectivity index (χ0v) is 9.75. The lowest BCUT2D eigenvalue weighted by molar-refractivity contribution is 0.153. The summed E-state index contributed by atoms with van der Waals surface area (Å²) < 4.78 is 30.7. The van der Waals surface area contributed by atoms with Crippen LogP contribution in [0.5, 0.6) is 0 Å². The zero-order chi connectivity index (χ0) is 12.0. The molecule has 0 bridgehead atoms. The fraction of sp³-hybridized carbons (Fsp3) is 0.625. The highest BCUT2D eigenvalue weighted by Crippen LogP contribution is 2.10. The molecular weight excluding hydrogens is 234 g/mol. The minimum absolute atomic E-state index is 0.105. The van der Waals surface area contributed by atoms with E-state index in [4.69, 9.17) is 9.84 Å². The van der Waals surface area contributed by atoms with Crippen LogP contribution in [0.1, 0.15) is 12.5 Å². The summed E-state index contributed by atoms with van der Waals surface area (Å²) >= 11 is 0. The number of sulfonamides is 1. The van der Waals surface area contributed by atoms with E-state index in [9.17, 15) is 8.42 Å². The summed E-state index contributed by atoms with van der Waals surface area (Å²) in [7, 11) is -3.65. The third-order valence-electron chi connectivity index (χ3n) is 1.86. The molecule has 0 atom stereocenters. The maximum Gasteiger partial charge on any atom is 0.257 e. The standard InChI is InChI=1S/C8H15N3O4S/c1-2-15-4-3-10-16(13,14)8-7(6-12)5-9-11-8/h5,10,12H,2-4,6H2,1H3,(H,9,11). The van der Waals surface area contributed by atoms with E-state index in [0.29, 0.717) is 13.2 Å². The Balaban J connectivity index is 2.64. The second kappa shape index (κ2) is 5.94. The molecule has 0 unspecified atom stereocenters. The smallest absolute Gasteiger partial charge is 0.257 e. The van der Waals surface area contributed by atoms with Crippen LogP contribution in [0.2, 0.25) is 0 Å². The van der Waals surface area contributed by atoms with Crippen LogP contribution in [0.15, 0.2) is 11.2 Å². The molecule has 92 valence electrons. The molecule has 1 aromatic heterocycles. The molecule has 0 aromatic carbocycles. The average molecular weight is 249 g/mol. The van der Waals surface area contributed by atoms with E-state index in [1.807, 2.05) is 6.92 Å². The Labute approximate surface area is 93.9 Å². The van der Waals surface area contributed by atoms with Gasteiger partial charge in [-0.25, -0.2) is 13.1 Å². The summed E-state index contributed by atoms with van der Waals surface area (Å²) in [5.41, 5.74) is 0.240. The van der Waals surface area contributed by atoms with E-state index < -0.39 is 10.0 Å². The van der Waals surface area contributed by atoms with Gasteiger partial charge in [0, 0.05) is 18.7 Å². The summed E-state index contributed by atoms with van der Waals surface area (Å²) in [6.45, 7) is 2.47. The first-order valence-corrected chi connectivity index (χ1v) is 6.30. The summed E-state index contributed by atoms with van der Waals surface area (Å²) in [5.74, 6) is 0. The van der Waals surface area contributed by atoms with Gasteiger partial charge in [-0.1, -0.05) is 0 Å². The van der Waals surface area contributed by atoms with Crippen LogP contribution in [0, 0.1) is 0 Å². The van der Waals surface area contributed by atoms with Gasteiger partial charge in [0.25, 0.3) is 10.0 Å². The third-order valence-corrected chi connectivity index (χ3v) is 3.33. The van der Waals surface area contributed by atoms with E-state index >= 15 is 0 Å². The lowest BCUT2D eigenvalue weighted by Crippen LogP contribution is -2.28. The SMILES string of the molecule is CCOCCNS(=O)(=O)c1[nH]ncc1CO. The predicted molar refractivity (Wildman–Crippen MR) is 56.2 cm³/mol. The Morgan fingerprint density at radius 1 is 1.62 bits per heavy atom. The predicted octanol–water partition coefficient (Wildman–Crippen LogP) is -0.783. The van der Waals surface area contributed by atoms with Gasteiger partial charge in [-0.2, -0.15) is 5.10 Å². The Bertz CT molecular complexity index is 415. The Morgan fingerprint density at radius 2 is 2.38 bits per heavy atom. The number of hydrogen-bond donors (Lipinski definition) is 3. The largest absolute Gasteiger partial charge is 0.392 e. The average Bonchev–Trinajstić information content (AvgIpc) is 2.73. The number of aromatic amines is 1. The number of hydrogen-bond acceptors (Lipinski definition) is 5. The monoisotopic (exact) mass is 249 g/mol.